The van der Waals surface area contributed by atoms with E-state index in [-0.39, 0.29) is 18.2 Å². The van der Waals surface area contributed by atoms with Gasteiger partial charge in [-0.1, -0.05) is 5.92 Å². The van der Waals surface area contributed by atoms with Crippen LogP contribution in [-0.4, -0.2) is 52.7 Å². The number of hydrogen-bond acceptors (Lipinski definition) is 3. The quantitative estimate of drug-likeness (QED) is 0.737. The van der Waals surface area contributed by atoms with Crippen molar-refractivity contribution in [3.8, 4) is 12.3 Å². The van der Waals surface area contributed by atoms with E-state index in [4.69, 9.17) is 12.2 Å². The Morgan fingerprint density at radius 2 is 2.21 bits per heavy atom. The van der Waals surface area contributed by atoms with Gasteiger partial charge in [0.25, 0.3) is 0 Å². The molecule has 6 heteroatoms. The van der Waals surface area contributed by atoms with Crippen LogP contribution >= 0.6 is 0 Å². The predicted octanol–water partition coefficient (Wildman–Crippen LogP) is 0.182. The van der Waals surface area contributed by atoms with Gasteiger partial charge >= 0.3 is 6.03 Å². The zero-order valence-corrected chi connectivity index (χ0v) is 11.0. The largest absolute Gasteiger partial charge is 0.385 e. The molecule has 0 aromatic rings. The maximum absolute atomic E-state index is 12.1. The van der Waals surface area contributed by atoms with E-state index in [9.17, 15) is 9.59 Å². The molecule has 6 nitrogen and oxygen atoms in total. The fraction of sp³-hybridized carbons (Fsp3) is 0.615. The van der Waals surface area contributed by atoms with E-state index in [0.717, 1.165) is 25.9 Å². The first-order valence-corrected chi connectivity index (χ1v) is 6.45. The summed E-state index contributed by atoms with van der Waals surface area (Å²) in [6.45, 7) is 3.28. The molecule has 2 rings (SSSR count). The number of terminal acetylenes is 1. The van der Waals surface area contributed by atoms with Crippen molar-refractivity contribution >= 4 is 17.8 Å². The number of likely N-dealkylation sites (tertiary alicyclic amines) is 1. The molecular weight excluding hydrogens is 244 g/mol. The van der Waals surface area contributed by atoms with Crippen LogP contribution in [0.3, 0.4) is 0 Å². The number of nitrogens with zero attached hydrogens (tertiary/aromatic N) is 3. The number of nitrogens with two attached hydrogens (primary N) is 1. The number of rotatable bonds is 3. The molecule has 0 aromatic carbocycles. The zero-order chi connectivity index (χ0) is 14.0. The van der Waals surface area contributed by atoms with Crippen LogP contribution in [0, 0.1) is 12.3 Å². The van der Waals surface area contributed by atoms with E-state index in [2.05, 4.69) is 10.9 Å². The second-order valence-electron chi connectivity index (χ2n) is 4.88. The van der Waals surface area contributed by atoms with Gasteiger partial charge in [0.1, 0.15) is 11.9 Å². The van der Waals surface area contributed by atoms with E-state index in [1.165, 1.54) is 4.90 Å². The zero-order valence-electron chi connectivity index (χ0n) is 11.0. The summed E-state index contributed by atoms with van der Waals surface area (Å²) in [5.74, 6) is 2.67. The molecule has 19 heavy (non-hydrogen) atoms. The highest BCUT2D eigenvalue weighted by Gasteiger charge is 2.38. The highest BCUT2D eigenvalue weighted by molar-refractivity contribution is 6.04. The summed E-state index contributed by atoms with van der Waals surface area (Å²) < 4.78 is 0. The lowest BCUT2D eigenvalue weighted by atomic mass is 10.1. The first-order chi connectivity index (χ1) is 9.04. The highest BCUT2D eigenvalue weighted by Crippen LogP contribution is 2.20. The van der Waals surface area contributed by atoms with E-state index in [1.807, 2.05) is 0 Å². The van der Waals surface area contributed by atoms with Gasteiger partial charge in [-0.05, 0) is 19.8 Å². The molecule has 2 atom stereocenters. The van der Waals surface area contributed by atoms with Crippen molar-refractivity contribution < 1.29 is 9.59 Å². The van der Waals surface area contributed by atoms with Crippen molar-refractivity contribution in [3.63, 3.8) is 0 Å². The Bertz CT molecular complexity index is 460. The van der Waals surface area contributed by atoms with Crippen LogP contribution in [0.5, 0.6) is 0 Å². The molecule has 0 saturated carbocycles. The Morgan fingerprint density at radius 1 is 1.58 bits per heavy atom. The summed E-state index contributed by atoms with van der Waals surface area (Å²) in [7, 11) is 0. The fourth-order valence-electron chi connectivity index (χ4n) is 2.50. The van der Waals surface area contributed by atoms with E-state index in [1.54, 1.807) is 11.8 Å². The Labute approximate surface area is 112 Å². The average Bonchev–Trinajstić information content (AvgIpc) is 2.98. The third kappa shape index (κ3) is 2.55. The van der Waals surface area contributed by atoms with Gasteiger partial charge in [-0.15, -0.1) is 6.42 Å². The Hall–Kier alpha value is -2.03. The van der Waals surface area contributed by atoms with Gasteiger partial charge in [0, 0.05) is 13.1 Å². The maximum atomic E-state index is 12.1. The minimum absolute atomic E-state index is 0.00423. The van der Waals surface area contributed by atoms with Gasteiger partial charge in [0.15, 0.2) is 0 Å². The van der Waals surface area contributed by atoms with Gasteiger partial charge < -0.3 is 10.6 Å². The van der Waals surface area contributed by atoms with E-state index >= 15 is 0 Å². The summed E-state index contributed by atoms with van der Waals surface area (Å²) in [5.41, 5.74) is 5.75. The molecule has 0 radical (unpaired) electrons. The topological polar surface area (TPSA) is 79.0 Å². The SMILES string of the molecule is C#CC(C)N1C(=O)N=C(N)C1CC(=O)N1CCCC1. The van der Waals surface area contributed by atoms with Crippen LogP contribution < -0.4 is 5.73 Å². The van der Waals surface area contributed by atoms with Crippen LogP contribution in [0.15, 0.2) is 4.99 Å². The van der Waals surface area contributed by atoms with Gasteiger partial charge in [-0.3, -0.25) is 9.69 Å². The Kier molecular flexibility index (Phi) is 3.74. The first kappa shape index (κ1) is 13.4. The molecule has 2 heterocycles. The molecule has 3 amide bonds. The summed E-state index contributed by atoms with van der Waals surface area (Å²) in [5, 5.41) is 0. The van der Waals surface area contributed by atoms with Crippen LogP contribution in [0.1, 0.15) is 26.2 Å². The molecule has 0 bridgehead atoms. The molecule has 2 aliphatic heterocycles. The maximum Gasteiger partial charge on any atom is 0.346 e. The normalized spacial score (nSPS) is 24.3. The third-order valence-electron chi connectivity index (χ3n) is 3.61. The number of carbonyl (C=O) groups is 2. The Morgan fingerprint density at radius 3 is 2.79 bits per heavy atom. The van der Waals surface area contributed by atoms with Crippen molar-refractivity contribution in [2.45, 2.75) is 38.3 Å². The minimum Gasteiger partial charge on any atom is -0.385 e. The summed E-state index contributed by atoms with van der Waals surface area (Å²) in [4.78, 5) is 30.8. The smallest absolute Gasteiger partial charge is 0.346 e. The lowest BCUT2D eigenvalue weighted by molar-refractivity contribution is -0.130. The van der Waals surface area contributed by atoms with E-state index in [0.29, 0.717) is 0 Å². The number of amides is 3. The van der Waals surface area contributed by atoms with Crippen LogP contribution in [0.4, 0.5) is 4.79 Å². The van der Waals surface area contributed by atoms with Gasteiger partial charge in [-0.25, -0.2) is 4.79 Å². The molecule has 1 fully saturated rings. The molecule has 2 N–H and O–H groups in total. The molecular formula is C13H18N4O2. The lowest BCUT2D eigenvalue weighted by Gasteiger charge is -2.28. The summed E-state index contributed by atoms with van der Waals surface area (Å²) in [6.07, 6.45) is 7.57. The number of urea groups is 1. The predicted molar refractivity (Wildman–Crippen MR) is 71.4 cm³/mol. The first-order valence-electron chi connectivity index (χ1n) is 6.45. The molecule has 2 aliphatic rings. The van der Waals surface area contributed by atoms with Crippen molar-refractivity contribution in [3.05, 3.63) is 0 Å². The molecule has 1 saturated heterocycles. The van der Waals surface area contributed by atoms with Gasteiger partial charge in [0.05, 0.1) is 12.5 Å². The van der Waals surface area contributed by atoms with Crippen LogP contribution in [0.2, 0.25) is 0 Å². The van der Waals surface area contributed by atoms with Crippen molar-refractivity contribution in [2.24, 2.45) is 10.7 Å². The molecule has 0 aliphatic carbocycles. The summed E-state index contributed by atoms with van der Waals surface area (Å²) in [6, 6.07) is -1.39. The second-order valence-corrected chi connectivity index (χ2v) is 4.88. The van der Waals surface area contributed by atoms with Crippen molar-refractivity contribution in [1.29, 1.82) is 0 Å². The van der Waals surface area contributed by atoms with Crippen LogP contribution in [0.25, 0.3) is 0 Å². The van der Waals surface area contributed by atoms with Gasteiger partial charge in [-0.2, -0.15) is 4.99 Å². The fourth-order valence-corrected chi connectivity index (χ4v) is 2.50. The monoisotopic (exact) mass is 262 g/mol. The Balaban J connectivity index is 2.08. The number of amidine groups is 1. The molecule has 2 unspecified atom stereocenters. The van der Waals surface area contributed by atoms with Crippen LogP contribution in [-0.2, 0) is 4.79 Å². The molecule has 0 spiro atoms. The average molecular weight is 262 g/mol. The summed E-state index contributed by atoms with van der Waals surface area (Å²) >= 11 is 0. The highest BCUT2D eigenvalue weighted by atomic mass is 16.2. The second kappa shape index (κ2) is 5.31. The lowest BCUT2D eigenvalue weighted by Crippen LogP contribution is -2.47. The standard InChI is InChI=1S/C13H18N4O2/c1-3-9(2)17-10(12(14)15-13(17)19)8-11(18)16-6-4-5-7-16/h1,9-10H,4-8H2,2H3,(H2,14,15,19). The number of aliphatic imine (C=N–C) groups is 1. The van der Waals surface area contributed by atoms with Crippen molar-refractivity contribution in [1.82, 2.24) is 9.80 Å². The van der Waals surface area contributed by atoms with Crippen molar-refractivity contribution in [2.75, 3.05) is 13.1 Å². The molecule has 102 valence electrons. The number of carbonyl (C=O) groups excluding carboxylic acids is 2. The minimum atomic E-state index is -0.508. The number of hydrogen-bond donors (Lipinski definition) is 1. The van der Waals surface area contributed by atoms with Gasteiger partial charge in [0.2, 0.25) is 5.91 Å². The van der Waals surface area contributed by atoms with E-state index < -0.39 is 18.1 Å². The third-order valence-corrected chi connectivity index (χ3v) is 3.61. The molecule has 0 aromatic heterocycles.